The zero-order chi connectivity index (χ0) is 21.5. The van der Waals surface area contributed by atoms with Gasteiger partial charge in [-0.1, -0.05) is 32.0 Å². The van der Waals surface area contributed by atoms with Gasteiger partial charge in [-0.15, -0.1) is 11.8 Å². The van der Waals surface area contributed by atoms with E-state index in [0.29, 0.717) is 25.3 Å². The molecule has 1 atom stereocenters. The minimum Gasteiger partial charge on any atom is -0.462 e. The molecule has 1 amide bonds. The van der Waals surface area contributed by atoms with Gasteiger partial charge in [0.1, 0.15) is 5.82 Å². The highest BCUT2D eigenvalue weighted by Crippen LogP contribution is 2.30. The summed E-state index contributed by atoms with van der Waals surface area (Å²) >= 11 is 1.64. The molecule has 1 aromatic heterocycles. The number of thioether (sulfide) groups is 1. The Bertz CT molecular complexity index is 835. The summed E-state index contributed by atoms with van der Waals surface area (Å²) in [7, 11) is 0. The summed E-state index contributed by atoms with van der Waals surface area (Å²) in [5.41, 5.74) is 0.451. The van der Waals surface area contributed by atoms with E-state index in [9.17, 15) is 9.59 Å². The molecule has 0 spiro atoms. The van der Waals surface area contributed by atoms with Crippen molar-refractivity contribution < 1.29 is 14.3 Å². The second-order valence-electron chi connectivity index (χ2n) is 7.53. The highest BCUT2D eigenvalue weighted by atomic mass is 32.2. The largest absolute Gasteiger partial charge is 0.462 e. The maximum absolute atomic E-state index is 13.2. The first-order valence-corrected chi connectivity index (χ1v) is 11.3. The van der Waals surface area contributed by atoms with E-state index in [4.69, 9.17) is 4.74 Å². The molecule has 0 N–H and O–H groups in total. The quantitative estimate of drug-likeness (QED) is 0.496. The fraction of sp³-hybridized carbons (Fsp3) is 0.435. The van der Waals surface area contributed by atoms with E-state index in [1.807, 2.05) is 29.2 Å². The molecule has 1 fully saturated rings. The number of benzene rings is 1. The Morgan fingerprint density at radius 2 is 1.77 bits per heavy atom. The third-order valence-electron chi connectivity index (χ3n) is 5.03. The topological polar surface area (TPSA) is 62.7 Å². The summed E-state index contributed by atoms with van der Waals surface area (Å²) in [6.07, 6.45) is 1.55. The zero-order valence-electron chi connectivity index (χ0n) is 17.8. The average Bonchev–Trinajstić information content (AvgIpc) is 2.78. The van der Waals surface area contributed by atoms with E-state index in [1.54, 1.807) is 30.9 Å². The molecule has 0 unspecified atom stereocenters. The molecule has 0 aliphatic carbocycles. The number of anilines is 1. The Morgan fingerprint density at radius 1 is 1.07 bits per heavy atom. The van der Waals surface area contributed by atoms with Gasteiger partial charge in [-0.3, -0.25) is 4.79 Å². The first-order chi connectivity index (χ1) is 14.5. The van der Waals surface area contributed by atoms with Crippen LogP contribution in [0.2, 0.25) is 0 Å². The van der Waals surface area contributed by atoms with Gasteiger partial charge in [0.25, 0.3) is 0 Å². The first kappa shape index (κ1) is 22.2. The van der Waals surface area contributed by atoms with Crippen LogP contribution in [-0.4, -0.2) is 59.8 Å². The summed E-state index contributed by atoms with van der Waals surface area (Å²) in [5, 5.41) is -0.0964. The minimum atomic E-state index is -0.359. The van der Waals surface area contributed by atoms with E-state index in [1.165, 1.54) is 0 Å². The molecule has 3 rings (SSSR count). The van der Waals surface area contributed by atoms with Crippen LogP contribution < -0.4 is 4.90 Å². The molecule has 1 aromatic carbocycles. The number of esters is 1. The van der Waals surface area contributed by atoms with Gasteiger partial charge in [0.15, 0.2) is 0 Å². The van der Waals surface area contributed by atoms with Gasteiger partial charge in [-0.05, 0) is 37.1 Å². The number of ether oxygens (including phenoxy) is 1. The Morgan fingerprint density at radius 3 is 2.33 bits per heavy atom. The van der Waals surface area contributed by atoms with E-state index in [2.05, 4.69) is 35.9 Å². The summed E-state index contributed by atoms with van der Waals surface area (Å²) in [5.74, 6) is 0.902. The number of hydrogen-bond acceptors (Lipinski definition) is 6. The lowest BCUT2D eigenvalue weighted by atomic mass is 10.1. The summed E-state index contributed by atoms with van der Waals surface area (Å²) in [6, 6.07) is 13.7. The number of aromatic nitrogens is 1. The third-order valence-corrected chi connectivity index (χ3v) is 6.57. The Labute approximate surface area is 182 Å². The van der Waals surface area contributed by atoms with Crippen LogP contribution in [-0.2, 0) is 9.53 Å². The lowest BCUT2D eigenvalue weighted by Crippen LogP contribution is -2.52. The molecule has 0 saturated carbocycles. The van der Waals surface area contributed by atoms with Crippen molar-refractivity contribution in [3.05, 3.63) is 54.2 Å². The minimum absolute atomic E-state index is 0.0964. The van der Waals surface area contributed by atoms with Crippen LogP contribution >= 0.6 is 11.8 Å². The van der Waals surface area contributed by atoms with Crippen LogP contribution in [0.3, 0.4) is 0 Å². The fourth-order valence-corrected chi connectivity index (χ4v) is 4.49. The highest BCUT2D eigenvalue weighted by Gasteiger charge is 2.30. The molecule has 0 radical (unpaired) electrons. The van der Waals surface area contributed by atoms with E-state index in [-0.39, 0.29) is 23.0 Å². The van der Waals surface area contributed by atoms with Gasteiger partial charge in [0.2, 0.25) is 5.91 Å². The monoisotopic (exact) mass is 427 g/mol. The lowest BCUT2D eigenvalue weighted by molar-refractivity contribution is -0.131. The van der Waals surface area contributed by atoms with Crippen molar-refractivity contribution in [2.45, 2.75) is 30.9 Å². The first-order valence-electron chi connectivity index (χ1n) is 10.4. The van der Waals surface area contributed by atoms with Gasteiger partial charge in [0.05, 0.1) is 17.4 Å². The molecule has 1 saturated heterocycles. The van der Waals surface area contributed by atoms with Crippen molar-refractivity contribution in [2.24, 2.45) is 5.92 Å². The lowest BCUT2D eigenvalue weighted by Gasteiger charge is -2.37. The highest BCUT2D eigenvalue weighted by molar-refractivity contribution is 8.00. The van der Waals surface area contributed by atoms with Crippen LogP contribution in [0.25, 0.3) is 0 Å². The number of nitrogens with zero attached hydrogens (tertiary/aromatic N) is 3. The third kappa shape index (κ3) is 5.53. The molecule has 160 valence electrons. The van der Waals surface area contributed by atoms with Crippen LogP contribution in [0.4, 0.5) is 5.82 Å². The molecule has 1 aliphatic rings. The molecular formula is C23H29N3O3S. The number of pyridine rings is 1. The van der Waals surface area contributed by atoms with Crippen LogP contribution in [0.15, 0.2) is 53.6 Å². The summed E-state index contributed by atoms with van der Waals surface area (Å²) in [4.78, 5) is 34.6. The van der Waals surface area contributed by atoms with Crippen LogP contribution in [0.5, 0.6) is 0 Å². The molecule has 7 heteroatoms. The van der Waals surface area contributed by atoms with Gasteiger partial charge in [-0.2, -0.15) is 0 Å². The van der Waals surface area contributed by atoms with E-state index in [0.717, 1.165) is 23.8 Å². The fourth-order valence-electron chi connectivity index (χ4n) is 3.36. The van der Waals surface area contributed by atoms with E-state index < -0.39 is 0 Å². The Balaban J connectivity index is 1.58. The number of carbonyl (C=O) groups is 2. The van der Waals surface area contributed by atoms with Crippen molar-refractivity contribution in [3.63, 3.8) is 0 Å². The van der Waals surface area contributed by atoms with Crippen LogP contribution in [0.1, 0.15) is 31.1 Å². The number of amides is 1. The summed E-state index contributed by atoms with van der Waals surface area (Å²) in [6.45, 7) is 9.10. The molecule has 0 bridgehead atoms. The Kier molecular flexibility index (Phi) is 7.74. The van der Waals surface area contributed by atoms with Crippen molar-refractivity contribution in [3.8, 4) is 0 Å². The Hall–Kier alpha value is -2.54. The maximum atomic E-state index is 13.2. The number of carbonyl (C=O) groups excluding carboxylic acids is 2. The van der Waals surface area contributed by atoms with Crippen LogP contribution in [0, 0.1) is 5.92 Å². The van der Waals surface area contributed by atoms with Crippen molar-refractivity contribution in [1.82, 2.24) is 9.88 Å². The van der Waals surface area contributed by atoms with Gasteiger partial charge >= 0.3 is 5.97 Å². The van der Waals surface area contributed by atoms with E-state index >= 15 is 0 Å². The van der Waals surface area contributed by atoms with Gasteiger partial charge in [-0.25, -0.2) is 9.78 Å². The molecule has 2 aromatic rings. The predicted octanol–water partition coefficient (Wildman–Crippen LogP) is 3.72. The number of piperazine rings is 1. The zero-order valence-corrected chi connectivity index (χ0v) is 18.6. The number of rotatable bonds is 7. The second-order valence-corrected chi connectivity index (χ2v) is 8.75. The molecule has 1 aliphatic heterocycles. The normalized spacial score (nSPS) is 15.2. The van der Waals surface area contributed by atoms with Gasteiger partial charge < -0.3 is 14.5 Å². The van der Waals surface area contributed by atoms with Crippen molar-refractivity contribution in [2.75, 3.05) is 37.7 Å². The summed E-state index contributed by atoms with van der Waals surface area (Å²) < 4.78 is 5.00. The smallest absolute Gasteiger partial charge is 0.339 e. The molecular weight excluding hydrogens is 398 g/mol. The number of hydrogen-bond donors (Lipinski definition) is 0. The standard InChI is InChI=1S/C23H29N3O3S/c1-4-29-23(28)18-10-11-20(24-16-18)25-12-14-26(15-13-25)22(27)21(17(2)3)30-19-8-6-5-7-9-19/h5-11,16-17,21H,4,12-15H2,1-3H3/t21-/m0/s1. The molecule has 30 heavy (non-hydrogen) atoms. The maximum Gasteiger partial charge on any atom is 0.339 e. The van der Waals surface area contributed by atoms with Gasteiger partial charge in [0, 0.05) is 37.3 Å². The average molecular weight is 428 g/mol. The molecule has 6 nitrogen and oxygen atoms in total. The van der Waals surface area contributed by atoms with Crippen molar-refractivity contribution >= 4 is 29.5 Å². The molecule has 2 heterocycles. The second kappa shape index (κ2) is 10.5. The van der Waals surface area contributed by atoms with Crippen molar-refractivity contribution in [1.29, 1.82) is 0 Å². The predicted molar refractivity (Wildman–Crippen MR) is 120 cm³/mol. The SMILES string of the molecule is CCOC(=O)c1ccc(N2CCN(C(=O)[C@@H](Sc3ccccc3)C(C)C)CC2)nc1.